The predicted octanol–water partition coefficient (Wildman–Crippen LogP) is 2.30. The van der Waals surface area contributed by atoms with Gasteiger partial charge in [0.25, 0.3) is 0 Å². The molecule has 18 heavy (non-hydrogen) atoms. The summed E-state index contributed by atoms with van der Waals surface area (Å²) in [4.78, 5) is 0. The smallest absolute Gasteiger partial charge is 0.0472 e. The van der Waals surface area contributed by atoms with E-state index in [4.69, 9.17) is 10.5 Å². The van der Waals surface area contributed by atoms with Gasteiger partial charge in [0, 0.05) is 25.8 Å². The van der Waals surface area contributed by atoms with E-state index < -0.39 is 0 Å². The molecule has 2 rings (SSSR count). The molecule has 1 heterocycles. The third-order valence-corrected chi connectivity index (χ3v) is 5.01. The first-order valence-electron chi connectivity index (χ1n) is 7.75. The molecule has 106 valence electrons. The number of nitrogens with two attached hydrogens (primary N) is 1. The summed E-state index contributed by atoms with van der Waals surface area (Å²) < 4.78 is 5.47. The van der Waals surface area contributed by atoms with Crippen molar-refractivity contribution in [1.82, 2.24) is 5.32 Å². The fraction of sp³-hybridized carbons (Fsp3) is 1.00. The maximum atomic E-state index is 6.01. The summed E-state index contributed by atoms with van der Waals surface area (Å²) in [7, 11) is 0. The van der Waals surface area contributed by atoms with Crippen LogP contribution >= 0.6 is 0 Å². The SMILES string of the molecule is CC1CCCC(NCC2(CN)CCOCC2)CC1. The van der Waals surface area contributed by atoms with Gasteiger partial charge in [0.15, 0.2) is 0 Å². The molecule has 2 atom stereocenters. The van der Waals surface area contributed by atoms with Crippen molar-refractivity contribution in [2.75, 3.05) is 26.3 Å². The molecule has 1 aliphatic heterocycles. The Kier molecular flexibility index (Phi) is 5.46. The average molecular weight is 254 g/mol. The van der Waals surface area contributed by atoms with E-state index in [0.717, 1.165) is 51.1 Å². The van der Waals surface area contributed by atoms with Crippen LogP contribution in [0.5, 0.6) is 0 Å². The highest BCUT2D eigenvalue weighted by atomic mass is 16.5. The van der Waals surface area contributed by atoms with Crippen LogP contribution in [0.2, 0.25) is 0 Å². The van der Waals surface area contributed by atoms with Crippen LogP contribution in [0.1, 0.15) is 51.9 Å². The van der Waals surface area contributed by atoms with Crippen molar-refractivity contribution in [1.29, 1.82) is 0 Å². The first-order valence-corrected chi connectivity index (χ1v) is 7.75. The molecule has 1 saturated carbocycles. The highest BCUT2D eigenvalue weighted by Crippen LogP contribution is 2.29. The summed E-state index contributed by atoms with van der Waals surface area (Å²) in [5.41, 5.74) is 6.31. The highest BCUT2D eigenvalue weighted by molar-refractivity contribution is 4.87. The molecule has 3 N–H and O–H groups in total. The summed E-state index contributed by atoms with van der Waals surface area (Å²) in [6.07, 6.45) is 9.13. The molecule has 1 aliphatic carbocycles. The van der Waals surface area contributed by atoms with E-state index in [1.54, 1.807) is 0 Å². The fourth-order valence-corrected chi connectivity index (χ4v) is 3.31. The summed E-state index contributed by atoms with van der Waals surface area (Å²) in [6, 6.07) is 0.723. The molecule has 0 amide bonds. The molecule has 1 saturated heterocycles. The zero-order chi connectivity index (χ0) is 12.8. The molecular formula is C15H30N2O. The molecule has 2 fully saturated rings. The van der Waals surface area contributed by atoms with Crippen LogP contribution in [0.3, 0.4) is 0 Å². The van der Waals surface area contributed by atoms with Gasteiger partial charge in [-0.15, -0.1) is 0 Å². The Bertz CT molecular complexity index is 239. The van der Waals surface area contributed by atoms with E-state index in [2.05, 4.69) is 12.2 Å². The fourth-order valence-electron chi connectivity index (χ4n) is 3.31. The number of hydrogen-bond acceptors (Lipinski definition) is 3. The first kappa shape index (κ1) is 14.3. The molecule has 3 nitrogen and oxygen atoms in total. The second-order valence-corrected chi connectivity index (χ2v) is 6.51. The van der Waals surface area contributed by atoms with Gasteiger partial charge in [-0.05, 0) is 50.0 Å². The van der Waals surface area contributed by atoms with E-state index in [1.807, 2.05) is 0 Å². The van der Waals surface area contributed by atoms with Gasteiger partial charge in [-0.25, -0.2) is 0 Å². The molecular weight excluding hydrogens is 224 g/mol. The number of nitrogens with one attached hydrogen (secondary N) is 1. The lowest BCUT2D eigenvalue weighted by Gasteiger charge is -2.37. The van der Waals surface area contributed by atoms with Gasteiger partial charge >= 0.3 is 0 Å². The Morgan fingerprint density at radius 2 is 1.94 bits per heavy atom. The van der Waals surface area contributed by atoms with Crippen LogP contribution < -0.4 is 11.1 Å². The van der Waals surface area contributed by atoms with Gasteiger partial charge in [-0.1, -0.05) is 19.8 Å². The Morgan fingerprint density at radius 3 is 2.67 bits per heavy atom. The van der Waals surface area contributed by atoms with Crippen LogP contribution in [0.25, 0.3) is 0 Å². The van der Waals surface area contributed by atoms with Gasteiger partial charge in [-0.2, -0.15) is 0 Å². The number of ether oxygens (including phenoxy) is 1. The van der Waals surface area contributed by atoms with Crippen LogP contribution in [-0.4, -0.2) is 32.3 Å². The second-order valence-electron chi connectivity index (χ2n) is 6.51. The van der Waals surface area contributed by atoms with Gasteiger partial charge < -0.3 is 15.8 Å². The summed E-state index contributed by atoms with van der Waals surface area (Å²) in [5, 5.41) is 3.81. The monoisotopic (exact) mass is 254 g/mol. The third-order valence-electron chi connectivity index (χ3n) is 5.01. The number of hydrogen-bond donors (Lipinski definition) is 2. The molecule has 0 aromatic rings. The normalized spacial score (nSPS) is 33.0. The lowest BCUT2D eigenvalue weighted by molar-refractivity contribution is 0.0177. The van der Waals surface area contributed by atoms with Gasteiger partial charge in [0.2, 0.25) is 0 Å². The predicted molar refractivity (Wildman–Crippen MR) is 75.6 cm³/mol. The van der Waals surface area contributed by atoms with Gasteiger partial charge in [0.1, 0.15) is 0 Å². The van der Waals surface area contributed by atoms with Gasteiger partial charge in [-0.3, -0.25) is 0 Å². The van der Waals surface area contributed by atoms with Crippen molar-refractivity contribution >= 4 is 0 Å². The average Bonchev–Trinajstić information content (AvgIpc) is 2.62. The van der Waals surface area contributed by atoms with Crippen LogP contribution in [0.4, 0.5) is 0 Å². The van der Waals surface area contributed by atoms with Crippen molar-refractivity contribution in [3.8, 4) is 0 Å². The Labute approximate surface area is 112 Å². The van der Waals surface area contributed by atoms with Gasteiger partial charge in [0.05, 0.1) is 0 Å². The van der Waals surface area contributed by atoms with Crippen LogP contribution in [-0.2, 0) is 4.74 Å². The van der Waals surface area contributed by atoms with Crippen molar-refractivity contribution < 1.29 is 4.74 Å². The van der Waals surface area contributed by atoms with Crippen LogP contribution in [0, 0.1) is 11.3 Å². The Hall–Kier alpha value is -0.120. The quantitative estimate of drug-likeness (QED) is 0.757. The second kappa shape index (κ2) is 6.88. The van der Waals surface area contributed by atoms with E-state index >= 15 is 0 Å². The number of rotatable bonds is 4. The molecule has 0 aromatic heterocycles. The van der Waals surface area contributed by atoms with Crippen molar-refractivity contribution in [2.24, 2.45) is 17.1 Å². The van der Waals surface area contributed by atoms with Crippen molar-refractivity contribution in [3.05, 3.63) is 0 Å². The van der Waals surface area contributed by atoms with Crippen molar-refractivity contribution in [3.63, 3.8) is 0 Å². The zero-order valence-electron chi connectivity index (χ0n) is 11.9. The zero-order valence-corrected chi connectivity index (χ0v) is 11.9. The largest absolute Gasteiger partial charge is 0.381 e. The minimum Gasteiger partial charge on any atom is -0.381 e. The van der Waals surface area contributed by atoms with E-state index in [0.29, 0.717) is 5.41 Å². The Morgan fingerprint density at radius 1 is 1.17 bits per heavy atom. The molecule has 3 heteroatoms. The molecule has 2 aliphatic rings. The lowest BCUT2D eigenvalue weighted by Crippen LogP contribution is -2.47. The summed E-state index contributed by atoms with van der Waals surface area (Å²) >= 11 is 0. The molecule has 0 bridgehead atoms. The first-order chi connectivity index (χ1) is 8.74. The minimum absolute atomic E-state index is 0.302. The third kappa shape index (κ3) is 3.94. The summed E-state index contributed by atoms with van der Waals surface area (Å²) in [6.45, 7) is 6.06. The Balaban J connectivity index is 1.78. The molecule has 2 unspecified atom stereocenters. The lowest BCUT2D eigenvalue weighted by atomic mass is 9.80. The van der Waals surface area contributed by atoms with E-state index in [-0.39, 0.29) is 0 Å². The minimum atomic E-state index is 0.302. The maximum Gasteiger partial charge on any atom is 0.0472 e. The highest BCUT2D eigenvalue weighted by Gasteiger charge is 2.31. The van der Waals surface area contributed by atoms with Crippen LogP contribution in [0.15, 0.2) is 0 Å². The standard InChI is InChI=1S/C15H30N2O/c1-13-3-2-4-14(6-5-13)17-12-15(11-16)7-9-18-10-8-15/h13-14,17H,2-12,16H2,1H3. The molecule has 0 spiro atoms. The molecule has 0 aromatic carbocycles. The maximum absolute atomic E-state index is 6.01. The molecule has 0 radical (unpaired) electrons. The van der Waals surface area contributed by atoms with E-state index in [1.165, 1.54) is 32.1 Å². The van der Waals surface area contributed by atoms with Crippen molar-refractivity contribution in [2.45, 2.75) is 57.9 Å². The topological polar surface area (TPSA) is 47.3 Å². The van der Waals surface area contributed by atoms with E-state index in [9.17, 15) is 0 Å². The summed E-state index contributed by atoms with van der Waals surface area (Å²) in [5.74, 6) is 0.920.